The molecular weight excluding hydrogens is 402 g/mol. The van der Waals surface area contributed by atoms with E-state index in [0.29, 0.717) is 0 Å². The molecule has 0 saturated carbocycles. The van der Waals surface area contributed by atoms with Crippen LogP contribution in [0.4, 0.5) is 0 Å². The fraction of sp³-hybridized carbons (Fsp3) is 0. The zero-order valence-electron chi connectivity index (χ0n) is 2.53. The molecule has 0 fully saturated rings. The van der Waals surface area contributed by atoms with Crippen LogP contribution in [0.5, 0.6) is 0 Å². The maximum absolute atomic E-state index is 4.81. The molecule has 0 bridgehead atoms. The van der Waals surface area contributed by atoms with E-state index in [1.54, 1.807) is 0 Å². The van der Waals surface area contributed by atoms with Crippen molar-refractivity contribution >= 4 is 19.1 Å². The minimum atomic E-state index is -0.106. The maximum atomic E-state index is 4.81. The Balaban J connectivity index is -0.00000000667. The molecule has 0 saturated heterocycles. The van der Waals surface area contributed by atoms with E-state index in [0.717, 1.165) is 0 Å². The zero-order valence-corrected chi connectivity index (χ0v) is 7.76. The summed E-state index contributed by atoms with van der Waals surface area (Å²) in [6, 6.07) is 0. The summed E-state index contributed by atoms with van der Waals surface area (Å²) in [6.45, 7) is 0. The van der Waals surface area contributed by atoms with Gasteiger partial charge >= 0.3 is 35.0 Å². The Kier molecular flexibility index (Phi) is 118. The first-order valence-electron chi connectivity index (χ1n) is 0.239. The van der Waals surface area contributed by atoms with Gasteiger partial charge in [0.05, 0.1) is 0 Å². The van der Waals surface area contributed by atoms with Crippen LogP contribution >= 0.6 is 19.1 Å². The Labute approximate surface area is 69.1 Å². The molecule has 0 amide bonds. The summed E-state index contributed by atoms with van der Waals surface area (Å²) in [5, 5.41) is 0. The first-order chi connectivity index (χ1) is 1.41. The molecule has 0 aliphatic carbocycles. The molecule has 0 unspecified atom stereocenters. The summed E-state index contributed by atoms with van der Waals surface area (Å²) in [5.74, 6) is 0. The van der Waals surface area contributed by atoms with Crippen LogP contribution in [0.25, 0.3) is 12.3 Å². The first-order valence-corrected chi connectivity index (χ1v) is 4.24. The van der Waals surface area contributed by atoms with E-state index < -0.39 is 0 Å². The minimum absolute atomic E-state index is 0. The molecule has 0 aliphatic rings. The van der Waals surface area contributed by atoms with Gasteiger partial charge in [0.1, 0.15) is 0 Å². The second kappa shape index (κ2) is 28.5. The van der Waals surface area contributed by atoms with Crippen LogP contribution in [0.3, 0.4) is 0 Å². The maximum Gasteiger partial charge on any atom is -0.693 e. The van der Waals surface area contributed by atoms with Gasteiger partial charge in [-0.3, -0.25) is 0 Å². The van der Waals surface area contributed by atoms with Gasteiger partial charge < -0.3 is 12.3 Å². The second-order valence-electron chi connectivity index (χ2n) is 0.0452. The molecule has 0 aliphatic heterocycles. The summed E-state index contributed by atoms with van der Waals surface area (Å²) in [7, 11) is 9.63. The van der Waals surface area contributed by atoms with Gasteiger partial charge in [-0.25, -0.2) is 0 Å². The number of halogens is 2. The molecule has 0 aromatic heterocycles. The molecule has 0 rings (SSSR count). The molecule has 0 aromatic rings. The molecule has 6 heteroatoms. The molecule has 0 heterocycles. The average molecular weight is 406 g/mol. The largest absolute Gasteiger partial charge is 0.693 e. The Hall–Kier alpha value is 1.90. The van der Waals surface area contributed by atoms with Crippen molar-refractivity contribution in [3.63, 3.8) is 0 Å². The van der Waals surface area contributed by atoms with E-state index in [1.165, 1.54) is 0 Å². The van der Waals surface area contributed by atoms with Crippen LogP contribution in [0.2, 0.25) is 0 Å². The summed E-state index contributed by atoms with van der Waals surface area (Å²) < 4.78 is 0. The van der Waals surface area contributed by atoms with Gasteiger partial charge in [0.15, 0.2) is 0 Å². The van der Waals surface area contributed by atoms with E-state index >= 15 is 0 Å². The van der Waals surface area contributed by atoms with Crippen molar-refractivity contribution < 1.29 is 38.3 Å². The summed E-state index contributed by atoms with van der Waals surface area (Å²) in [6.07, 6.45) is 0. The van der Waals surface area contributed by atoms with E-state index in [1.807, 2.05) is 0 Å². The second-order valence-corrected chi connectivity index (χ2v) is 2.41. The smallest absolute Gasteiger partial charge is 0.693 e. The molecule has 4 N–H and O–H groups in total. The van der Waals surface area contributed by atoms with Crippen molar-refractivity contribution in [1.82, 2.24) is 0 Å². The number of hydrogen-bond acceptors (Lipinski definition) is 0. The molecule has 0 spiro atoms. The quantitative estimate of drug-likeness (QED) is 0.556. The van der Waals surface area contributed by atoms with E-state index in [-0.39, 0.29) is 50.6 Å². The Morgan fingerprint density at radius 1 is 1.00 bits per heavy atom. The van der Waals surface area contributed by atoms with Crippen molar-refractivity contribution in [3.8, 4) is 0 Å². The third-order valence-corrected chi connectivity index (χ3v) is 0. The molecule has 1 radical (unpaired) electrons. The van der Waals surface area contributed by atoms with Gasteiger partial charge in [-0.05, 0) is 0 Å². The van der Waals surface area contributed by atoms with Crippen molar-refractivity contribution in [1.29, 1.82) is 0 Å². The van der Waals surface area contributed by atoms with Gasteiger partial charge in [-0.2, -0.15) is 0 Å². The van der Waals surface area contributed by atoms with Gasteiger partial charge in [0.2, 0.25) is 0 Å². The van der Waals surface area contributed by atoms with Crippen molar-refractivity contribution in [2.75, 3.05) is 0 Å². The van der Waals surface area contributed by atoms with E-state index in [4.69, 9.17) is 19.1 Å². The third kappa shape index (κ3) is 39.2. The Morgan fingerprint density at radius 3 is 1.00 bits per heavy atom. The molecule has 0 atom stereocenters. The van der Waals surface area contributed by atoms with E-state index in [9.17, 15) is 0 Å². The SMILES string of the molecule is [Au].[Cl][Pd][Cl].[NH2-].[NH2-]. The number of rotatable bonds is 0. The summed E-state index contributed by atoms with van der Waals surface area (Å²) >= 11 is -0.106. The molecule has 0 aromatic carbocycles. The minimum Gasteiger partial charge on any atom is -0.693 e. The molecule has 51 valence electrons. The van der Waals surface area contributed by atoms with Crippen LogP contribution in [-0.4, -0.2) is 0 Å². The van der Waals surface area contributed by atoms with Gasteiger partial charge in [0.25, 0.3) is 0 Å². The topological polar surface area (TPSA) is 67.0 Å². The summed E-state index contributed by atoms with van der Waals surface area (Å²) in [4.78, 5) is 0. The Morgan fingerprint density at radius 2 is 1.00 bits per heavy atom. The van der Waals surface area contributed by atoms with Crippen LogP contribution in [-0.2, 0) is 38.3 Å². The first kappa shape index (κ1) is 24.7. The van der Waals surface area contributed by atoms with Crippen LogP contribution < -0.4 is 0 Å². The van der Waals surface area contributed by atoms with Gasteiger partial charge in [-0.1, -0.05) is 0 Å². The average Bonchev–Trinajstić information content (AvgIpc) is 0.918. The molecular formula is H4AuCl2N2Pd-2. The number of hydrogen-bond donors (Lipinski definition) is 0. The van der Waals surface area contributed by atoms with Crippen LogP contribution in [0, 0.1) is 0 Å². The van der Waals surface area contributed by atoms with Crippen LogP contribution in [0.15, 0.2) is 0 Å². The fourth-order valence-corrected chi connectivity index (χ4v) is 0. The normalized spacial score (nSPS) is 3.67. The zero-order chi connectivity index (χ0) is 2.71. The molecule has 2 nitrogen and oxygen atoms in total. The van der Waals surface area contributed by atoms with E-state index in [2.05, 4.69) is 0 Å². The predicted octanol–water partition coefficient (Wildman–Crippen LogP) is 2.81. The third-order valence-electron chi connectivity index (χ3n) is 0. The van der Waals surface area contributed by atoms with Crippen molar-refractivity contribution in [3.05, 3.63) is 12.3 Å². The van der Waals surface area contributed by atoms with Crippen LogP contribution in [0.1, 0.15) is 0 Å². The van der Waals surface area contributed by atoms with Crippen molar-refractivity contribution in [2.45, 2.75) is 0 Å². The molecule has 6 heavy (non-hydrogen) atoms. The Bertz CT molecular complexity index is 11.5. The number of nitrogens with two attached hydrogens (primary N) is 2. The van der Waals surface area contributed by atoms with Gasteiger partial charge in [-0.15, -0.1) is 0 Å². The summed E-state index contributed by atoms with van der Waals surface area (Å²) in [5.41, 5.74) is 0. The standard InChI is InChI=1S/Au.2ClH.2H2N.Pd/h;2*1H;2*1H2;/q;;;2*-1;+2/p-2. The fourth-order valence-electron chi connectivity index (χ4n) is 0. The van der Waals surface area contributed by atoms with Gasteiger partial charge in [0, 0.05) is 22.4 Å². The predicted molar refractivity (Wildman–Crippen MR) is 22.3 cm³/mol. The van der Waals surface area contributed by atoms with Crippen molar-refractivity contribution in [2.24, 2.45) is 0 Å². The monoisotopic (exact) mass is 405 g/mol.